The molecule has 0 aromatic rings. The molecule has 0 saturated carbocycles. The van der Waals surface area contributed by atoms with E-state index in [0.717, 1.165) is 0 Å². The van der Waals surface area contributed by atoms with Crippen molar-refractivity contribution in [3.63, 3.8) is 0 Å². The summed E-state index contributed by atoms with van der Waals surface area (Å²) in [5.74, 6) is -0.844. The Balaban J connectivity index is 3.00. The summed E-state index contributed by atoms with van der Waals surface area (Å²) in [6, 6.07) is -0.178. The fraction of sp³-hybridized carbons (Fsp3) is 0.538. The summed E-state index contributed by atoms with van der Waals surface area (Å²) in [5.41, 5.74) is 1.51. The molecule has 0 bridgehead atoms. The second-order valence-corrected chi connectivity index (χ2v) is 3.95. The number of hydrogen-bond acceptors (Lipinski definition) is 5. The van der Waals surface area contributed by atoms with Crippen LogP contribution in [0.1, 0.15) is 27.7 Å². The fourth-order valence-corrected chi connectivity index (χ4v) is 1.74. The molecular formula is C13H19NO4. The van der Waals surface area contributed by atoms with Gasteiger partial charge in [0.25, 0.3) is 0 Å². The lowest BCUT2D eigenvalue weighted by atomic mass is 9.99. The Hall–Kier alpha value is -1.78. The van der Waals surface area contributed by atoms with Gasteiger partial charge in [0.1, 0.15) is 0 Å². The Bertz CT molecular complexity index is 409. The quantitative estimate of drug-likeness (QED) is 0.765. The molecular weight excluding hydrogens is 234 g/mol. The van der Waals surface area contributed by atoms with Gasteiger partial charge in [0, 0.05) is 5.70 Å². The number of esters is 2. The van der Waals surface area contributed by atoms with Gasteiger partial charge in [-0.25, -0.2) is 9.59 Å². The minimum Gasteiger partial charge on any atom is -0.463 e. The van der Waals surface area contributed by atoms with Gasteiger partial charge in [-0.3, -0.25) is 0 Å². The van der Waals surface area contributed by atoms with Gasteiger partial charge in [-0.15, -0.1) is 0 Å². The van der Waals surface area contributed by atoms with Crippen LogP contribution in [0.2, 0.25) is 0 Å². The SMILES string of the molecule is CCOC(=O)C1=CC(C(=O)OCC)=C(C)NC1C. The minimum atomic E-state index is -0.434. The predicted octanol–water partition coefficient (Wildman–Crippen LogP) is 1.30. The second-order valence-electron chi connectivity index (χ2n) is 3.95. The zero-order valence-electron chi connectivity index (χ0n) is 11.2. The summed E-state index contributed by atoms with van der Waals surface area (Å²) in [5, 5.41) is 3.07. The highest BCUT2D eigenvalue weighted by molar-refractivity contribution is 5.98. The van der Waals surface area contributed by atoms with Crippen molar-refractivity contribution in [1.29, 1.82) is 0 Å². The van der Waals surface area contributed by atoms with Crippen LogP contribution in [0.5, 0.6) is 0 Å². The highest BCUT2D eigenvalue weighted by Gasteiger charge is 2.26. The van der Waals surface area contributed by atoms with Crippen molar-refractivity contribution in [3.8, 4) is 0 Å². The minimum absolute atomic E-state index is 0.178. The number of carbonyl (C=O) groups is 2. The van der Waals surface area contributed by atoms with Gasteiger partial charge in [0.2, 0.25) is 0 Å². The van der Waals surface area contributed by atoms with Crippen molar-refractivity contribution < 1.29 is 19.1 Å². The normalized spacial score (nSPS) is 18.9. The molecule has 0 spiro atoms. The molecule has 5 nitrogen and oxygen atoms in total. The van der Waals surface area contributed by atoms with E-state index in [1.807, 2.05) is 6.92 Å². The molecule has 18 heavy (non-hydrogen) atoms. The lowest BCUT2D eigenvalue weighted by Crippen LogP contribution is -2.35. The third kappa shape index (κ3) is 3.12. The molecule has 0 aromatic heterocycles. The van der Waals surface area contributed by atoms with Crippen molar-refractivity contribution in [2.24, 2.45) is 0 Å². The van der Waals surface area contributed by atoms with Crippen LogP contribution in [-0.4, -0.2) is 31.2 Å². The average molecular weight is 253 g/mol. The Morgan fingerprint density at radius 3 is 2.33 bits per heavy atom. The molecule has 1 aliphatic rings. The standard InChI is InChI=1S/C13H19NO4/c1-5-17-12(15)10-7-11(13(16)18-6-2)9(4)14-8(10)3/h7-8,14H,5-6H2,1-4H3. The summed E-state index contributed by atoms with van der Waals surface area (Å²) in [7, 11) is 0. The van der Waals surface area contributed by atoms with Crippen LogP contribution in [0.3, 0.4) is 0 Å². The fourth-order valence-electron chi connectivity index (χ4n) is 1.74. The van der Waals surface area contributed by atoms with E-state index in [4.69, 9.17) is 9.47 Å². The first kappa shape index (κ1) is 14.3. The van der Waals surface area contributed by atoms with Crippen LogP contribution >= 0.6 is 0 Å². The maximum atomic E-state index is 11.7. The van der Waals surface area contributed by atoms with Gasteiger partial charge in [-0.1, -0.05) is 0 Å². The molecule has 1 rings (SSSR count). The van der Waals surface area contributed by atoms with E-state index in [0.29, 0.717) is 30.1 Å². The van der Waals surface area contributed by atoms with Crippen molar-refractivity contribution >= 4 is 11.9 Å². The molecule has 1 atom stereocenters. The van der Waals surface area contributed by atoms with Crippen LogP contribution in [0.25, 0.3) is 0 Å². The van der Waals surface area contributed by atoms with Crippen molar-refractivity contribution in [2.45, 2.75) is 33.7 Å². The molecule has 1 aliphatic heterocycles. The monoisotopic (exact) mass is 253 g/mol. The molecule has 0 aliphatic carbocycles. The molecule has 0 amide bonds. The predicted molar refractivity (Wildman–Crippen MR) is 66.6 cm³/mol. The molecule has 0 aromatic carbocycles. The Kier molecular flexibility index (Phi) is 4.95. The van der Waals surface area contributed by atoms with Crippen molar-refractivity contribution in [1.82, 2.24) is 5.32 Å². The maximum absolute atomic E-state index is 11.7. The summed E-state index contributed by atoms with van der Waals surface area (Å²) in [6.07, 6.45) is 1.55. The average Bonchev–Trinajstić information content (AvgIpc) is 2.29. The first-order valence-corrected chi connectivity index (χ1v) is 6.04. The van der Waals surface area contributed by atoms with E-state index in [1.165, 1.54) is 0 Å². The molecule has 1 heterocycles. The summed E-state index contributed by atoms with van der Waals surface area (Å²) in [4.78, 5) is 23.5. The molecule has 5 heteroatoms. The summed E-state index contributed by atoms with van der Waals surface area (Å²) in [6.45, 7) is 7.71. The largest absolute Gasteiger partial charge is 0.463 e. The number of nitrogens with one attached hydrogen (secondary N) is 1. The molecule has 100 valence electrons. The number of rotatable bonds is 4. The van der Waals surface area contributed by atoms with E-state index >= 15 is 0 Å². The number of carbonyl (C=O) groups excluding carboxylic acids is 2. The molecule has 1 unspecified atom stereocenters. The number of hydrogen-bond donors (Lipinski definition) is 1. The molecule has 0 radical (unpaired) electrons. The third-order valence-electron chi connectivity index (χ3n) is 2.61. The van der Waals surface area contributed by atoms with Gasteiger partial charge in [0.05, 0.1) is 30.4 Å². The highest BCUT2D eigenvalue weighted by atomic mass is 16.5. The third-order valence-corrected chi connectivity index (χ3v) is 2.61. The zero-order valence-corrected chi connectivity index (χ0v) is 11.2. The Morgan fingerprint density at radius 1 is 1.22 bits per heavy atom. The van der Waals surface area contributed by atoms with Crippen LogP contribution in [-0.2, 0) is 19.1 Å². The van der Waals surface area contributed by atoms with E-state index in [1.54, 1.807) is 26.8 Å². The van der Waals surface area contributed by atoms with Gasteiger partial charge < -0.3 is 14.8 Å². The van der Waals surface area contributed by atoms with Gasteiger partial charge in [-0.05, 0) is 33.8 Å². The number of allylic oxidation sites excluding steroid dienone is 1. The number of dihydropyridines is 1. The van der Waals surface area contributed by atoms with Crippen LogP contribution in [0.15, 0.2) is 22.9 Å². The van der Waals surface area contributed by atoms with Crippen LogP contribution in [0, 0.1) is 0 Å². The molecule has 0 saturated heterocycles. The van der Waals surface area contributed by atoms with E-state index in [-0.39, 0.29) is 6.04 Å². The van der Waals surface area contributed by atoms with Crippen LogP contribution < -0.4 is 5.32 Å². The van der Waals surface area contributed by atoms with Crippen LogP contribution in [0.4, 0.5) is 0 Å². The van der Waals surface area contributed by atoms with Crippen molar-refractivity contribution in [2.75, 3.05) is 13.2 Å². The van der Waals surface area contributed by atoms with E-state index in [2.05, 4.69) is 5.32 Å². The van der Waals surface area contributed by atoms with E-state index < -0.39 is 11.9 Å². The first-order chi connectivity index (χ1) is 8.51. The second kappa shape index (κ2) is 6.23. The van der Waals surface area contributed by atoms with Gasteiger partial charge in [-0.2, -0.15) is 0 Å². The molecule has 0 fully saturated rings. The summed E-state index contributed by atoms with van der Waals surface area (Å²) < 4.78 is 9.89. The first-order valence-electron chi connectivity index (χ1n) is 6.04. The number of ether oxygens (including phenoxy) is 2. The zero-order chi connectivity index (χ0) is 13.7. The Labute approximate surface area is 107 Å². The van der Waals surface area contributed by atoms with E-state index in [9.17, 15) is 9.59 Å². The maximum Gasteiger partial charge on any atom is 0.339 e. The molecule has 1 N–H and O–H groups in total. The topological polar surface area (TPSA) is 64.6 Å². The highest BCUT2D eigenvalue weighted by Crippen LogP contribution is 2.19. The lowest BCUT2D eigenvalue weighted by Gasteiger charge is -2.24. The Morgan fingerprint density at radius 2 is 1.78 bits per heavy atom. The van der Waals surface area contributed by atoms with Gasteiger partial charge >= 0.3 is 11.9 Å². The van der Waals surface area contributed by atoms with Gasteiger partial charge in [0.15, 0.2) is 0 Å². The summed E-state index contributed by atoms with van der Waals surface area (Å²) >= 11 is 0. The smallest absolute Gasteiger partial charge is 0.339 e. The van der Waals surface area contributed by atoms with Crippen molar-refractivity contribution in [3.05, 3.63) is 22.9 Å². The lowest BCUT2D eigenvalue weighted by molar-refractivity contribution is -0.138.